The summed E-state index contributed by atoms with van der Waals surface area (Å²) in [4.78, 5) is 19.7. The average Bonchev–Trinajstić information content (AvgIpc) is 3.19. The standard InChI is InChI=1S/C24H27BrN4O2/c1-15-11-16(2)22(17(3)12-15)27-24(30)19-5-4-10-29(13-19)14-21-26-23(28-31-21)18-6-8-20(25)9-7-18/h6-9,11-12,19H,4-5,10,13-14H2,1-3H3,(H,27,30). The number of halogens is 1. The smallest absolute Gasteiger partial charge is 0.241 e. The van der Waals surface area contributed by atoms with Crippen LogP contribution in [0, 0.1) is 26.7 Å². The van der Waals surface area contributed by atoms with E-state index < -0.39 is 0 Å². The van der Waals surface area contributed by atoms with Crippen molar-refractivity contribution < 1.29 is 9.32 Å². The van der Waals surface area contributed by atoms with Crippen molar-refractivity contribution >= 4 is 27.5 Å². The molecule has 4 rings (SSSR count). The number of carbonyl (C=O) groups excluding carboxylic acids is 1. The lowest BCUT2D eigenvalue weighted by Crippen LogP contribution is -2.40. The van der Waals surface area contributed by atoms with Crippen molar-refractivity contribution in [2.24, 2.45) is 5.92 Å². The van der Waals surface area contributed by atoms with Gasteiger partial charge in [-0.1, -0.05) is 38.8 Å². The van der Waals surface area contributed by atoms with Gasteiger partial charge in [0.25, 0.3) is 0 Å². The first kappa shape index (κ1) is 21.7. The Morgan fingerprint density at radius 2 is 1.90 bits per heavy atom. The topological polar surface area (TPSA) is 71.3 Å². The number of carbonyl (C=O) groups is 1. The molecule has 2 heterocycles. The van der Waals surface area contributed by atoms with E-state index in [1.165, 1.54) is 5.56 Å². The number of likely N-dealkylation sites (tertiary alicyclic amines) is 1. The van der Waals surface area contributed by atoms with E-state index >= 15 is 0 Å². The molecule has 31 heavy (non-hydrogen) atoms. The summed E-state index contributed by atoms with van der Waals surface area (Å²) in [6.07, 6.45) is 1.86. The largest absolute Gasteiger partial charge is 0.338 e. The third-order valence-corrected chi connectivity index (χ3v) is 6.26. The second-order valence-electron chi connectivity index (χ2n) is 8.36. The van der Waals surface area contributed by atoms with E-state index in [9.17, 15) is 4.79 Å². The molecule has 1 aliphatic rings. The van der Waals surface area contributed by atoms with E-state index in [0.717, 1.165) is 46.2 Å². The second-order valence-corrected chi connectivity index (χ2v) is 9.27. The van der Waals surface area contributed by atoms with Crippen molar-refractivity contribution in [2.75, 3.05) is 18.4 Å². The molecule has 0 saturated carbocycles. The Morgan fingerprint density at radius 3 is 2.61 bits per heavy atom. The van der Waals surface area contributed by atoms with Crippen molar-refractivity contribution in [3.63, 3.8) is 0 Å². The van der Waals surface area contributed by atoms with Crippen LogP contribution in [0.5, 0.6) is 0 Å². The summed E-state index contributed by atoms with van der Waals surface area (Å²) in [6, 6.07) is 12.0. The quantitative estimate of drug-likeness (QED) is 0.535. The van der Waals surface area contributed by atoms with E-state index in [1.807, 2.05) is 38.1 Å². The van der Waals surface area contributed by atoms with Gasteiger partial charge in [0.15, 0.2) is 0 Å². The molecule has 0 bridgehead atoms. The fraction of sp³-hybridized carbons (Fsp3) is 0.375. The van der Waals surface area contributed by atoms with Crippen LogP contribution in [0.2, 0.25) is 0 Å². The summed E-state index contributed by atoms with van der Waals surface area (Å²) in [5, 5.41) is 7.28. The molecule has 1 aromatic heterocycles. The zero-order valence-corrected chi connectivity index (χ0v) is 19.7. The van der Waals surface area contributed by atoms with Crippen LogP contribution >= 0.6 is 15.9 Å². The SMILES string of the molecule is Cc1cc(C)c(NC(=O)C2CCCN(Cc3nc(-c4ccc(Br)cc4)no3)C2)c(C)c1. The average molecular weight is 483 g/mol. The van der Waals surface area contributed by atoms with Crippen LogP contribution in [-0.4, -0.2) is 34.0 Å². The van der Waals surface area contributed by atoms with E-state index in [2.05, 4.69) is 55.3 Å². The highest BCUT2D eigenvalue weighted by molar-refractivity contribution is 9.10. The molecule has 0 aliphatic carbocycles. The van der Waals surface area contributed by atoms with Gasteiger partial charge in [-0.3, -0.25) is 9.69 Å². The fourth-order valence-electron chi connectivity index (χ4n) is 4.24. The molecular formula is C24H27BrN4O2. The van der Waals surface area contributed by atoms with Crippen molar-refractivity contribution in [3.05, 3.63) is 63.5 Å². The molecule has 0 radical (unpaired) electrons. The Bertz CT molecular complexity index is 1050. The summed E-state index contributed by atoms with van der Waals surface area (Å²) in [5.74, 6) is 1.19. The molecule has 7 heteroatoms. The maximum atomic E-state index is 13.0. The first-order valence-electron chi connectivity index (χ1n) is 10.6. The maximum absolute atomic E-state index is 13.0. The molecule has 1 saturated heterocycles. The van der Waals surface area contributed by atoms with E-state index in [-0.39, 0.29) is 11.8 Å². The number of aromatic nitrogens is 2. The van der Waals surface area contributed by atoms with Gasteiger partial charge in [-0.05, 0) is 75.5 Å². The summed E-state index contributed by atoms with van der Waals surface area (Å²) >= 11 is 3.43. The van der Waals surface area contributed by atoms with Crippen LogP contribution < -0.4 is 5.32 Å². The maximum Gasteiger partial charge on any atom is 0.241 e. The molecule has 1 aliphatic heterocycles. The number of rotatable bonds is 5. The number of aryl methyl sites for hydroxylation is 3. The number of benzene rings is 2. The number of hydrogen-bond acceptors (Lipinski definition) is 5. The normalized spacial score (nSPS) is 17.0. The monoisotopic (exact) mass is 482 g/mol. The zero-order valence-electron chi connectivity index (χ0n) is 18.1. The number of hydrogen-bond donors (Lipinski definition) is 1. The molecule has 162 valence electrons. The number of nitrogens with zero attached hydrogens (tertiary/aromatic N) is 3. The molecule has 1 unspecified atom stereocenters. The summed E-state index contributed by atoms with van der Waals surface area (Å²) in [7, 11) is 0. The van der Waals surface area contributed by atoms with E-state index in [0.29, 0.717) is 24.8 Å². The highest BCUT2D eigenvalue weighted by Crippen LogP contribution is 2.25. The van der Waals surface area contributed by atoms with Crippen molar-refractivity contribution in [3.8, 4) is 11.4 Å². The lowest BCUT2D eigenvalue weighted by molar-refractivity contribution is -0.121. The van der Waals surface area contributed by atoms with Crippen molar-refractivity contribution in [1.29, 1.82) is 0 Å². The molecule has 1 atom stereocenters. The second kappa shape index (κ2) is 9.32. The molecule has 1 amide bonds. The predicted octanol–water partition coefficient (Wildman–Crippen LogP) is 5.28. The molecule has 1 fully saturated rings. The summed E-state index contributed by atoms with van der Waals surface area (Å²) < 4.78 is 6.48. The predicted molar refractivity (Wildman–Crippen MR) is 125 cm³/mol. The van der Waals surface area contributed by atoms with Gasteiger partial charge in [0, 0.05) is 22.3 Å². The molecule has 1 N–H and O–H groups in total. The Kier molecular flexibility index (Phi) is 6.53. The number of amides is 1. The van der Waals surface area contributed by atoms with Gasteiger partial charge in [0.2, 0.25) is 17.6 Å². The number of nitrogens with one attached hydrogen (secondary N) is 1. The Morgan fingerprint density at radius 1 is 1.19 bits per heavy atom. The number of piperidine rings is 1. The van der Waals surface area contributed by atoms with E-state index in [1.54, 1.807) is 0 Å². The Labute approximate surface area is 191 Å². The van der Waals surface area contributed by atoms with Crippen LogP contribution in [-0.2, 0) is 11.3 Å². The van der Waals surface area contributed by atoms with Gasteiger partial charge in [0.1, 0.15) is 0 Å². The molecule has 2 aromatic carbocycles. The van der Waals surface area contributed by atoms with Crippen LogP contribution in [0.4, 0.5) is 5.69 Å². The van der Waals surface area contributed by atoms with Crippen molar-refractivity contribution in [2.45, 2.75) is 40.2 Å². The van der Waals surface area contributed by atoms with Gasteiger partial charge >= 0.3 is 0 Å². The van der Waals surface area contributed by atoms with Gasteiger partial charge in [0.05, 0.1) is 12.5 Å². The van der Waals surface area contributed by atoms with Gasteiger partial charge in [-0.15, -0.1) is 0 Å². The minimum absolute atomic E-state index is 0.0530. The Balaban J connectivity index is 1.39. The zero-order chi connectivity index (χ0) is 22.0. The first-order valence-corrected chi connectivity index (χ1v) is 11.4. The van der Waals surface area contributed by atoms with E-state index in [4.69, 9.17) is 4.52 Å². The van der Waals surface area contributed by atoms with Crippen molar-refractivity contribution in [1.82, 2.24) is 15.0 Å². The van der Waals surface area contributed by atoms with Crippen LogP contribution in [0.25, 0.3) is 11.4 Å². The van der Waals surface area contributed by atoms with Gasteiger partial charge in [-0.25, -0.2) is 0 Å². The first-order chi connectivity index (χ1) is 14.9. The Hall–Kier alpha value is -2.51. The lowest BCUT2D eigenvalue weighted by Gasteiger charge is -2.31. The molecular weight excluding hydrogens is 456 g/mol. The van der Waals surface area contributed by atoms with Crippen LogP contribution in [0.3, 0.4) is 0 Å². The minimum atomic E-state index is -0.0530. The third kappa shape index (κ3) is 5.22. The number of anilines is 1. The summed E-state index contributed by atoms with van der Waals surface area (Å²) in [5.41, 5.74) is 5.26. The minimum Gasteiger partial charge on any atom is -0.338 e. The summed E-state index contributed by atoms with van der Waals surface area (Å²) in [6.45, 7) is 8.32. The molecule has 3 aromatic rings. The highest BCUT2D eigenvalue weighted by atomic mass is 79.9. The van der Waals surface area contributed by atoms with Crippen LogP contribution in [0.15, 0.2) is 45.4 Å². The molecule has 6 nitrogen and oxygen atoms in total. The van der Waals surface area contributed by atoms with Gasteiger partial charge in [-0.2, -0.15) is 4.98 Å². The van der Waals surface area contributed by atoms with Crippen LogP contribution in [0.1, 0.15) is 35.4 Å². The molecule has 0 spiro atoms. The third-order valence-electron chi connectivity index (χ3n) is 5.73. The lowest BCUT2D eigenvalue weighted by atomic mass is 9.96. The fourth-order valence-corrected chi connectivity index (χ4v) is 4.51. The highest BCUT2D eigenvalue weighted by Gasteiger charge is 2.27. The van der Waals surface area contributed by atoms with Gasteiger partial charge < -0.3 is 9.84 Å².